The fraction of sp³-hybridized carbons (Fsp3) is 0.125. The van der Waals surface area contributed by atoms with Crippen molar-refractivity contribution in [3.8, 4) is 0 Å². The maximum atomic E-state index is 5.71. The molecule has 1 aromatic carbocycles. The Labute approximate surface area is 73.1 Å². The van der Waals surface area contributed by atoms with Gasteiger partial charge >= 0.3 is 71.4 Å². The summed E-state index contributed by atoms with van der Waals surface area (Å²) in [5.74, 6) is 0. The molecule has 0 saturated heterocycles. The Morgan fingerprint density at radius 1 is 1.50 bits per heavy atom. The number of anilines is 1. The van der Waals surface area contributed by atoms with Crippen molar-refractivity contribution in [1.82, 2.24) is 0 Å². The zero-order valence-electron chi connectivity index (χ0n) is 5.79. The molecule has 1 nitrogen and oxygen atoms in total. The van der Waals surface area contributed by atoms with E-state index in [1.165, 1.54) is 28.8 Å². The van der Waals surface area contributed by atoms with Crippen LogP contribution in [-0.4, -0.2) is 3.90 Å². The van der Waals surface area contributed by atoms with E-state index in [2.05, 4.69) is 13.0 Å². The van der Waals surface area contributed by atoms with Crippen LogP contribution in [0.2, 0.25) is 0 Å². The summed E-state index contributed by atoms with van der Waals surface area (Å²) in [4.78, 5) is 0. The molecule has 0 aromatic heterocycles. The first-order valence-electron chi connectivity index (χ1n) is 3.07. The van der Waals surface area contributed by atoms with Gasteiger partial charge in [0.05, 0.1) is 0 Å². The maximum Gasteiger partial charge on any atom is 0 e. The molecule has 0 aliphatic rings. The van der Waals surface area contributed by atoms with Gasteiger partial charge in [-0.1, -0.05) is 0 Å². The summed E-state index contributed by atoms with van der Waals surface area (Å²) in [7, 11) is 0. The number of benzene rings is 1. The van der Waals surface area contributed by atoms with Crippen LogP contribution in [0, 0.1) is 0 Å². The molecular formula is C8H11NW. The number of hydrogen-bond acceptors (Lipinski definition) is 1. The topological polar surface area (TPSA) is 26.0 Å². The summed E-state index contributed by atoms with van der Waals surface area (Å²) in [6.45, 7) is 2.10. The van der Waals surface area contributed by atoms with E-state index in [-0.39, 0.29) is 1.43 Å². The maximum absolute atomic E-state index is 5.71. The van der Waals surface area contributed by atoms with Gasteiger partial charge in [0.25, 0.3) is 0 Å². The van der Waals surface area contributed by atoms with Gasteiger partial charge in [-0.2, -0.15) is 0 Å². The van der Waals surface area contributed by atoms with Crippen molar-refractivity contribution in [2.75, 3.05) is 5.73 Å². The Balaban J connectivity index is 0.000001000. The van der Waals surface area contributed by atoms with Crippen LogP contribution in [0.5, 0.6) is 0 Å². The van der Waals surface area contributed by atoms with Crippen molar-refractivity contribution in [3.63, 3.8) is 0 Å². The summed E-state index contributed by atoms with van der Waals surface area (Å²) < 4.78 is 1.35. The van der Waals surface area contributed by atoms with E-state index in [1.54, 1.807) is 0 Å². The molecule has 1 aromatic rings. The van der Waals surface area contributed by atoms with E-state index in [4.69, 9.17) is 5.73 Å². The molecule has 54 valence electrons. The first-order valence-corrected chi connectivity index (χ1v) is 4.54. The number of para-hydroxylation sites is 1. The monoisotopic (exact) mass is 305 g/mol. The molecule has 0 fully saturated rings. The van der Waals surface area contributed by atoms with Crippen molar-refractivity contribution in [3.05, 3.63) is 29.8 Å². The molecule has 0 spiro atoms. The second-order valence-electron chi connectivity index (χ2n) is 2.14. The Bertz CT molecular complexity index is 260. The minimum Gasteiger partial charge on any atom is 0 e. The molecule has 2 N–H and O–H groups in total. The standard InChI is InChI=1S/C8H9N.W.H2/c1-2-7-5-3-4-6-8(7)9;;/h3-6H,9H2,1H3;;1H. The molecule has 0 aliphatic carbocycles. The van der Waals surface area contributed by atoms with Crippen LogP contribution in [0.1, 0.15) is 13.9 Å². The second-order valence-corrected chi connectivity index (χ2v) is 4.34. The third kappa shape index (κ3) is 1.54. The fourth-order valence-electron chi connectivity index (χ4n) is 0.818. The molecule has 10 heavy (non-hydrogen) atoms. The zero-order valence-corrected chi connectivity index (χ0v) is 8.73. The minimum atomic E-state index is 0. The Hall–Kier alpha value is -0.422. The molecule has 0 atom stereocenters. The molecular weight excluding hydrogens is 294 g/mol. The molecule has 0 aliphatic heterocycles. The van der Waals surface area contributed by atoms with Crippen LogP contribution in [0.15, 0.2) is 24.3 Å². The average Bonchev–Trinajstić information content (AvgIpc) is 1.88. The van der Waals surface area contributed by atoms with Gasteiger partial charge in [-0.05, 0) is 0 Å². The van der Waals surface area contributed by atoms with E-state index < -0.39 is 0 Å². The van der Waals surface area contributed by atoms with Gasteiger partial charge in [0.15, 0.2) is 0 Å². The third-order valence-electron chi connectivity index (χ3n) is 1.34. The predicted molar refractivity (Wildman–Crippen MR) is 42.8 cm³/mol. The van der Waals surface area contributed by atoms with Gasteiger partial charge in [0, 0.05) is 1.43 Å². The van der Waals surface area contributed by atoms with Gasteiger partial charge < -0.3 is 0 Å². The first-order chi connectivity index (χ1) is 4.72. The van der Waals surface area contributed by atoms with Crippen molar-refractivity contribution >= 4 is 9.59 Å². The summed E-state index contributed by atoms with van der Waals surface area (Å²) in [6.07, 6.45) is 0. The van der Waals surface area contributed by atoms with Crippen molar-refractivity contribution < 1.29 is 20.8 Å². The van der Waals surface area contributed by atoms with Crippen LogP contribution >= 0.6 is 0 Å². The molecule has 0 radical (unpaired) electrons. The van der Waals surface area contributed by atoms with Crippen LogP contribution in [0.4, 0.5) is 5.69 Å². The second kappa shape index (κ2) is 3.11. The van der Waals surface area contributed by atoms with E-state index in [0.717, 1.165) is 5.69 Å². The van der Waals surface area contributed by atoms with Gasteiger partial charge in [-0.15, -0.1) is 0 Å². The van der Waals surface area contributed by atoms with E-state index >= 15 is 0 Å². The average molecular weight is 305 g/mol. The van der Waals surface area contributed by atoms with Crippen molar-refractivity contribution in [2.24, 2.45) is 0 Å². The number of rotatable bonds is 1. The molecule has 0 heterocycles. The Morgan fingerprint density at radius 3 is 2.50 bits per heavy atom. The Kier molecular flexibility index (Phi) is 2.39. The minimum absolute atomic E-state index is 0. The summed E-state index contributed by atoms with van der Waals surface area (Å²) >= 11 is 1.48. The van der Waals surface area contributed by atoms with E-state index in [0.29, 0.717) is 0 Å². The Morgan fingerprint density at radius 2 is 2.10 bits per heavy atom. The quantitative estimate of drug-likeness (QED) is 0.784. The van der Waals surface area contributed by atoms with Gasteiger partial charge in [0.2, 0.25) is 0 Å². The SMILES string of the molecule is C[C](=[W])c1ccccc1N.[HH]. The van der Waals surface area contributed by atoms with E-state index in [1.807, 2.05) is 18.2 Å². The normalized spacial score (nSPS) is 9.30. The summed E-state index contributed by atoms with van der Waals surface area (Å²) in [5, 5.41) is 0. The fourth-order valence-corrected chi connectivity index (χ4v) is 1.49. The number of nitrogens with two attached hydrogens (primary N) is 1. The molecule has 2 heteroatoms. The predicted octanol–water partition coefficient (Wildman–Crippen LogP) is 1.60. The number of hydrogen-bond donors (Lipinski definition) is 1. The number of nitrogen functional groups attached to an aromatic ring is 1. The van der Waals surface area contributed by atoms with Crippen molar-refractivity contribution in [1.29, 1.82) is 0 Å². The molecule has 0 saturated carbocycles. The van der Waals surface area contributed by atoms with Crippen LogP contribution in [0.25, 0.3) is 0 Å². The molecule has 0 amide bonds. The molecule has 1 rings (SSSR count). The smallest absolute Gasteiger partial charge is 0 e. The van der Waals surface area contributed by atoms with Crippen molar-refractivity contribution in [2.45, 2.75) is 6.92 Å². The third-order valence-corrected chi connectivity index (χ3v) is 2.13. The van der Waals surface area contributed by atoms with E-state index in [9.17, 15) is 0 Å². The zero-order chi connectivity index (χ0) is 7.56. The van der Waals surface area contributed by atoms with Crippen LogP contribution in [0.3, 0.4) is 0 Å². The molecule has 0 unspecified atom stereocenters. The summed E-state index contributed by atoms with van der Waals surface area (Å²) in [5.41, 5.74) is 7.79. The molecule has 0 bridgehead atoms. The van der Waals surface area contributed by atoms with Crippen LogP contribution in [-0.2, 0) is 19.4 Å². The van der Waals surface area contributed by atoms with Gasteiger partial charge in [-0.3, -0.25) is 0 Å². The van der Waals surface area contributed by atoms with Gasteiger partial charge in [-0.25, -0.2) is 0 Å². The first kappa shape index (κ1) is 7.68. The van der Waals surface area contributed by atoms with Gasteiger partial charge in [0.1, 0.15) is 0 Å². The largest absolute Gasteiger partial charge is 0 e. The van der Waals surface area contributed by atoms with Crippen LogP contribution < -0.4 is 5.73 Å². The summed E-state index contributed by atoms with van der Waals surface area (Å²) in [6, 6.07) is 7.95.